The van der Waals surface area contributed by atoms with Gasteiger partial charge < -0.3 is 0 Å². The molecule has 0 N–H and O–H groups in total. The predicted molar refractivity (Wildman–Crippen MR) is 10.4 cm³/mol. The topological polar surface area (TPSA) is 63.6 Å². The fraction of sp³-hybridized carbons (Fsp3) is 1.00. The van der Waals surface area contributed by atoms with Crippen LogP contribution < -0.4 is 0 Å². The van der Waals surface area contributed by atoms with E-state index in [9.17, 15) is 10.6 Å². The molecule has 0 aliphatic heterocycles. The van der Waals surface area contributed by atoms with Gasteiger partial charge >= 0.3 is 36.0 Å². The first-order valence-electron chi connectivity index (χ1n) is 1.04. The maximum atomic E-state index is 9.39. The Morgan fingerprint density at radius 3 is 1.50 bits per heavy atom. The molecule has 0 bridgehead atoms. The third kappa shape index (κ3) is 3.84. The van der Waals surface area contributed by atoms with Crippen LogP contribution in [0.2, 0.25) is 0 Å². The van der Waals surface area contributed by atoms with Crippen LogP contribution in [0.15, 0.2) is 3.65 Å². The predicted octanol–water partition coefficient (Wildman–Crippen LogP) is -0.00980. The summed E-state index contributed by atoms with van der Waals surface area (Å²) in [7, 11) is 0.982. The molecule has 0 aromatic heterocycles. The Morgan fingerprint density at radius 2 is 1.50 bits per heavy atom. The molecule has 0 radical (unpaired) electrons. The van der Waals surface area contributed by atoms with Crippen molar-refractivity contribution in [3.63, 3.8) is 0 Å². The zero-order chi connectivity index (χ0) is 5.21. The van der Waals surface area contributed by atoms with Gasteiger partial charge in [-0.05, 0) is 0 Å². The maximum absolute atomic E-state index is 9.39. The normalized spacial score (nSPS) is 10.8. The summed E-state index contributed by atoms with van der Waals surface area (Å²) in [6.45, 7) is 0. The Morgan fingerprint density at radius 1 is 1.33 bits per heavy atom. The molecule has 0 saturated heterocycles. The van der Waals surface area contributed by atoms with E-state index in [0.29, 0.717) is 0 Å². The van der Waals surface area contributed by atoms with E-state index in [1.165, 1.54) is 0 Å². The molecule has 5 heteroatoms. The summed E-state index contributed by atoms with van der Waals surface area (Å²) in [6, 6.07) is 0. The molecule has 0 spiro atoms. The van der Waals surface area contributed by atoms with E-state index in [-0.39, 0.29) is 0 Å². The van der Waals surface area contributed by atoms with E-state index in [1.807, 2.05) is 0 Å². The minimum absolute atomic E-state index is 0.982. The Balaban J connectivity index is 5.49. The van der Waals surface area contributed by atoms with Gasteiger partial charge in [0.2, 0.25) is 0 Å². The van der Waals surface area contributed by atoms with E-state index in [4.69, 9.17) is 0 Å². The van der Waals surface area contributed by atoms with Crippen molar-refractivity contribution in [2.45, 2.75) is 0 Å². The van der Waals surface area contributed by atoms with Crippen molar-refractivity contribution in [1.82, 2.24) is 0 Å². The second-order valence-corrected chi connectivity index (χ2v) is 4.33. The first kappa shape index (κ1) is 5.84. The van der Waals surface area contributed by atoms with Crippen molar-refractivity contribution in [3.8, 4) is 0 Å². The molecule has 0 atom stereocenters. The molecule has 0 aromatic rings. The molecule has 6 heavy (non-hydrogen) atoms. The molecular formula is CH3NO3Os. The van der Waals surface area contributed by atoms with Crippen LogP contribution in [-0.4, -0.2) is 7.05 Å². The monoisotopic (exact) mass is 269 g/mol. The van der Waals surface area contributed by atoms with Crippen molar-refractivity contribution in [2.24, 2.45) is 3.65 Å². The van der Waals surface area contributed by atoms with E-state index in [2.05, 4.69) is 3.65 Å². The number of hydrogen-bond donors (Lipinski definition) is 0. The van der Waals surface area contributed by atoms with Gasteiger partial charge in [-0.15, -0.1) is 0 Å². The SMILES string of the molecule is C[N]=[Os](=[O])(=[O])=[O]. The summed E-state index contributed by atoms with van der Waals surface area (Å²) in [4.78, 5) is 0. The summed E-state index contributed by atoms with van der Waals surface area (Å²) >= 11 is -5.23. The Bertz CT molecular complexity index is 212. The van der Waals surface area contributed by atoms with Gasteiger partial charge in [0.05, 0.1) is 0 Å². The quantitative estimate of drug-likeness (QED) is 0.620. The summed E-state index contributed by atoms with van der Waals surface area (Å²) in [5.41, 5.74) is 0. The molecule has 0 aliphatic carbocycles. The van der Waals surface area contributed by atoms with E-state index in [0.717, 1.165) is 7.05 Å². The summed E-state index contributed by atoms with van der Waals surface area (Å²) in [5.74, 6) is 0. The molecule has 0 amide bonds. The molecule has 0 unspecified atom stereocenters. The number of rotatable bonds is 0. The van der Waals surface area contributed by atoms with Crippen LogP contribution in [0.3, 0.4) is 0 Å². The van der Waals surface area contributed by atoms with Crippen LogP contribution in [0.4, 0.5) is 0 Å². The summed E-state index contributed by atoms with van der Waals surface area (Å²) in [6.07, 6.45) is 0. The van der Waals surface area contributed by atoms with E-state index < -0.39 is 14.7 Å². The van der Waals surface area contributed by atoms with Gasteiger partial charge in [-0.1, -0.05) is 0 Å². The van der Waals surface area contributed by atoms with Gasteiger partial charge in [-0.2, -0.15) is 0 Å². The Hall–Kier alpha value is -0.164. The van der Waals surface area contributed by atoms with E-state index >= 15 is 0 Å². The van der Waals surface area contributed by atoms with Crippen LogP contribution >= 0.6 is 0 Å². The van der Waals surface area contributed by atoms with Gasteiger partial charge in [-0.25, -0.2) is 0 Å². The second kappa shape index (κ2) is 1.52. The second-order valence-electron chi connectivity index (χ2n) is 0.529. The molecule has 0 fully saturated rings. The van der Waals surface area contributed by atoms with Crippen LogP contribution in [0.1, 0.15) is 0 Å². The number of nitrogens with zero attached hydrogens (tertiary/aromatic N) is 1. The third-order valence-electron chi connectivity index (χ3n) is 0.194. The standard InChI is InChI=1S/CH3N.3O.Os/c1-2;;;;/h1H3;;;;. The van der Waals surface area contributed by atoms with Crippen molar-refractivity contribution in [2.75, 3.05) is 7.05 Å². The van der Waals surface area contributed by atoms with Gasteiger partial charge in [0.1, 0.15) is 0 Å². The van der Waals surface area contributed by atoms with Crippen molar-refractivity contribution in [3.05, 3.63) is 0 Å². The van der Waals surface area contributed by atoms with Gasteiger partial charge in [0, 0.05) is 0 Å². The fourth-order valence-electron chi connectivity index (χ4n) is 0. The van der Waals surface area contributed by atoms with Crippen LogP contribution in [-0.2, 0) is 25.3 Å². The minimum atomic E-state index is -5.23. The van der Waals surface area contributed by atoms with Crippen molar-refractivity contribution in [1.29, 1.82) is 0 Å². The molecule has 0 aliphatic rings. The van der Waals surface area contributed by atoms with Crippen LogP contribution in [0, 0.1) is 0 Å². The molecule has 38 valence electrons. The van der Waals surface area contributed by atoms with Crippen molar-refractivity contribution >= 4 is 0 Å². The molecule has 0 saturated carbocycles. The zero-order valence-electron chi connectivity index (χ0n) is 3.03. The molecule has 4 nitrogen and oxygen atoms in total. The molecule has 0 heterocycles. The van der Waals surface area contributed by atoms with Crippen molar-refractivity contribution < 1.29 is 25.3 Å². The molecule has 0 rings (SSSR count). The van der Waals surface area contributed by atoms with Gasteiger partial charge in [0.15, 0.2) is 0 Å². The van der Waals surface area contributed by atoms with Gasteiger partial charge in [-0.3, -0.25) is 0 Å². The summed E-state index contributed by atoms with van der Waals surface area (Å²) in [5, 5.41) is 0. The Kier molecular flexibility index (Phi) is 1.48. The Labute approximate surface area is 36.7 Å². The summed E-state index contributed by atoms with van der Waals surface area (Å²) < 4.78 is 30.7. The van der Waals surface area contributed by atoms with Gasteiger partial charge in [0.25, 0.3) is 0 Å². The average molecular weight is 267 g/mol. The molecular weight excluding hydrogens is 264 g/mol. The van der Waals surface area contributed by atoms with Crippen LogP contribution in [0.5, 0.6) is 0 Å². The van der Waals surface area contributed by atoms with E-state index in [1.54, 1.807) is 0 Å². The first-order valence-corrected chi connectivity index (χ1v) is 5.29. The average Bonchev–Trinajstić information content (AvgIpc) is 1.35. The zero-order valence-corrected chi connectivity index (χ0v) is 5.57. The third-order valence-corrected chi connectivity index (χ3v) is 1.59. The fourth-order valence-corrected chi connectivity index (χ4v) is 0. The molecule has 0 aromatic carbocycles. The number of hydrogen-bond acceptors (Lipinski definition) is 4. The van der Waals surface area contributed by atoms with Crippen LogP contribution in [0.25, 0.3) is 0 Å². The first-order chi connectivity index (χ1) is 2.56.